The van der Waals surface area contributed by atoms with Crippen LogP contribution in [0.4, 0.5) is 0 Å². The molecule has 4 heteroatoms. The molecule has 0 fully saturated rings. The monoisotopic (exact) mass is 1070 g/mol. The van der Waals surface area contributed by atoms with Crippen LogP contribution < -0.4 is 5.32 Å². The molecule has 0 aliphatic heterocycles. The highest BCUT2D eigenvalue weighted by Gasteiger charge is 2.18. The Bertz CT molecular complexity index is 1080. The van der Waals surface area contributed by atoms with Crippen molar-refractivity contribution in [2.75, 3.05) is 6.61 Å². The van der Waals surface area contributed by atoms with Gasteiger partial charge in [0.2, 0.25) is 5.91 Å². The Balaban J connectivity index is 3.39. The Hall–Kier alpha value is -0.870. The van der Waals surface area contributed by atoms with Gasteiger partial charge in [0.25, 0.3) is 0 Å². The Labute approximate surface area is 479 Å². The van der Waals surface area contributed by atoms with E-state index in [2.05, 4.69) is 19.2 Å². The van der Waals surface area contributed by atoms with E-state index in [9.17, 15) is 15.0 Å². The van der Waals surface area contributed by atoms with Gasteiger partial charge < -0.3 is 15.5 Å². The van der Waals surface area contributed by atoms with Crippen molar-refractivity contribution in [3.8, 4) is 0 Å². The molecule has 0 spiro atoms. The molecule has 0 aromatic rings. The molecule has 0 bridgehead atoms. The number of aliphatic hydroxyl groups excluding tert-OH is 2. The fourth-order valence-electron chi connectivity index (χ4n) is 11.8. The van der Waals surface area contributed by atoms with Crippen molar-refractivity contribution in [2.24, 2.45) is 0 Å². The number of carbonyl (C=O) groups is 1. The second-order valence-corrected chi connectivity index (χ2v) is 25.0. The van der Waals surface area contributed by atoms with E-state index in [0.29, 0.717) is 6.42 Å². The summed E-state index contributed by atoms with van der Waals surface area (Å²) in [6, 6.07) is -0.620. The maximum Gasteiger partial charge on any atom is 0.220 e. The molecule has 3 N–H and O–H groups in total. The molecule has 4 nitrogen and oxygen atoms in total. The molecule has 0 aliphatic rings. The standard InChI is InChI=1S/C72H143NO3/c1-3-5-7-9-11-13-15-17-19-21-23-25-27-29-31-33-35-37-39-41-43-45-47-49-51-53-55-57-59-61-63-65-67-71(75)70(69-74)73-72(76)68-66-64-62-60-58-56-54-52-50-48-46-44-42-40-38-36-34-32-30-28-26-24-22-20-18-16-14-12-10-8-6-4-2/h65,67,70-71,74-75H,3-64,66,68-69H2,1-2H3,(H,73,76)/b67-65+. The number of hydrogen-bond donors (Lipinski definition) is 3. The van der Waals surface area contributed by atoms with E-state index >= 15 is 0 Å². The first-order valence-corrected chi connectivity index (χ1v) is 35.9. The summed E-state index contributed by atoms with van der Waals surface area (Å²) in [5, 5.41) is 23.3. The first-order valence-electron chi connectivity index (χ1n) is 35.9. The number of hydrogen-bond acceptors (Lipinski definition) is 3. The molecule has 0 rings (SSSR count). The summed E-state index contributed by atoms with van der Waals surface area (Å²) in [5.74, 6) is -0.0527. The highest BCUT2D eigenvalue weighted by Crippen LogP contribution is 2.20. The Morgan fingerprint density at radius 1 is 0.303 bits per heavy atom. The van der Waals surface area contributed by atoms with Gasteiger partial charge in [-0.3, -0.25) is 4.79 Å². The average molecular weight is 1070 g/mol. The minimum Gasteiger partial charge on any atom is -0.394 e. The van der Waals surface area contributed by atoms with Crippen LogP contribution in [0.15, 0.2) is 12.2 Å². The minimum atomic E-state index is -0.837. The van der Waals surface area contributed by atoms with Gasteiger partial charge in [-0.25, -0.2) is 0 Å². The van der Waals surface area contributed by atoms with Gasteiger partial charge in [-0.05, 0) is 19.3 Å². The van der Waals surface area contributed by atoms with Crippen molar-refractivity contribution >= 4 is 5.91 Å². The molecule has 0 saturated carbocycles. The second-order valence-electron chi connectivity index (χ2n) is 25.0. The number of carbonyl (C=O) groups excluding carboxylic acids is 1. The van der Waals surface area contributed by atoms with Gasteiger partial charge in [-0.15, -0.1) is 0 Å². The predicted molar refractivity (Wildman–Crippen MR) is 341 cm³/mol. The molecular weight excluding hydrogens is 927 g/mol. The van der Waals surface area contributed by atoms with E-state index in [0.717, 1.165) is 25.7 Å². The number of unbranched alkanes of at least 4 members (excludes halogenated alkanes) is 61. The van der Waals surface area contributed by atoms with Crippen molar-refractivity contribution in [3.05, 3.63) is 12.2 Å². The van der Waals surface area contributed by atoms with E-state index in [1.165, 1.54) is 379 Å². The summed E-state index contributed by atoms with van der Waals surface area (Å²) in [6.07, 6.45) is 91.8. The van der Waals surface area contributed by atoms with Crippen molar-refractivity contribution in [1.29, 1.82) is 0 Å². The number of aliphatic hydroxyl groups is 2. The maximum absolute atomic E-state index is 12.5. The van der Waals surface area contributed by atoms with Crippen LogP contribution in [0.3, 0.4) is 0 Å². The molecule has 0 aromatic heterocycles. The van der Waals surface area contributed by atoms with E-state index < -0.39 is 12.1 Å². The van der Waals surface area contributed by atoms with E-state index in [-0.39, 0.29) is 12.5 Å². The zero-order valence-corrected chi connectivity index (χ0v) is 52.6. The van der Waals surface area contributed by atoms with Crippen molar-refractivity contribution in [2.45, 2.75) is 437 Å². The van der Waals surface area contributed by atoms with E-state index in [1.54, 1.807) is 6.08 Å². The summed E-state index contributed by atoms with van der Waals surface area (Å²) in [5.41, 5.74) is 0. The van der Waals surface area contributed by atoms with Crippen LogP contribution in [0, 0.1) is 0 Å². The zero-order valence-electron chi connectivity index (χ0n) is 52.6. The van der Waals surface area contributed by atoms with Gasteiger partial charge in [-0.1, -0.05) is 411 Å². The first-order chi connectivity index (χ1) is 37.7. The van der Waals surface area contributed by atoms with E-state index in [1.807, 2.05) is 6.08 Å². The smallest absolute Gasteiger partial charge is 0.220 e. The van der Waals surface area contributed by atoms with Crippen LogP contribution in [0.1, 0.15) is 425 Å². The number of rotatable bonds is 68. The van der Waals surface area contributed by atoms with Gasteiger partial charge in [0.05, 0.1) is 18.8 Å². The third-order valence-corrected chi connectivity index (χ3v) is 17.3. The molecule has 0 aromatic carbocycles. The number of allylic oxidation sites excluding steroid dienone is 1. The molecule has 454 valence electrons. The molecule has 2 atom stereocenters. The Morgan fingerprint density at radius 3 is 0.684 bits per heavy atom. The summed E-state index contributed by atoms with van der Waals surface area (Å²) in [4.78, 5) is 12.5. The first kappa shape index (κ1) is 75.1. The van der Waals surface area contributed by atoms with Crippen LogP contribution >= 0.6 is 0 Å². The maximum atomic E-state index is 12.5. The lowest BCUT2D eigenvalue weighted by Crippen LogP contribution is -2.45. The number of amides is 1. The van der Waals surface area contributed by atoms with Crippen molar-refractivity contribution in [1.82, 2.24) is 5.32 Å². The van der Waals surface area contributed by atoms with Crippen LogP contribution in [-0.2, 0) is 4.79 Å². The topological polar surface area (TPSA) is 69.6 Å². The van der Waals surface area contributed by atoms with Gasteiger partial charge >= 0.3 is 0 Å². The molecule has 0 radical (unpaired) electrons. The summed E-state index contributed by atoms with van der Waals surface area (Å²) < 4.78 is 0. The SMILES string of the molecule is CCCCCCCCCCCCCCCCCCCCCCCCCCCCCCCC/C=C/C(O)C(CO)NC(=O)CCCCCCCCCCCCCCCCCCCCCCCCCCCCCCCCCC. The van der Waals surface area contributed by atoms with Crippen LogP contribution in [0.25, 0.3) is 0 Å². The summed E-state index contributed by atoms with van der Waals surface area (Å²) in [6.45, 7) is 4.37. The lowest BCUT2D eigenvalue weighted by molar-refractivity contribution is -0.123. The molecule has 2 unspecified atom stereocenters. The Morgan fingerprint density at radius 2 is 0.487 bits per heavy atom. The third kappa shape index (κ3) is 64.0. The molecular formula is C72H143NO3. The highest BCUT2D eigenvalue weighted by molar-refractivity contribution is 5.76. The predicted octanol–water partition coefficient (Wildman–Crippen LogP) is 24.4. The Kier molecular flexibility index (Phi) is 67.6. The fraction of sp³-hybridized carbons (Fsp3) is 0.958. The average Bonchev–Trinajstić information content (AvgIpc) is 3.42. The lowest BCUT2D eigenvalue weighted by Gasteiger charge is -2.20. The second kappa shape index (κ2) is 68.4. The van der Waals surface area contributed by atoms with Crippen molar-refractivity contribution in [3.63, 3.8) is 0 Å². The zero-order chi connectivity index (χ0) is 54.8. The third-order valence-electron chi connectivity index (χ3n) is 17.3. The number of nitrogens with one attached hydrogen (secondary N) is 1. The minimum absolute atomic E-state index is 0.0527. The molecule has 0 aliphatic carbocycles. The quantitative estimate of drug-likeness (QED) is 0.0420. The van der Waals surface area contributed by atoms with Crippen LogP contribution in [-0.4, -0.2) is 34.9 Å². The molecule has 0 saturated heterocycles. The van der Waals surface area contributed by atoms with Crippen LogP contribution in [0.2, 0.25) is 0 Å². The fourth-order valence-corrected chi connectivity index (χ4v) is 11.8. The summed E-state index contributed by atoms with van der Waals surface area (Å²) >= 11 is 0. The largest absolute Gasteiger partial charge is 0.394 e. The van der Waals surface area contributed by atoms with Crippen LogP contribution in [0.5, 0.6) is 0 Å². The summed E-state index contributed by atoms with van der Waals surface area (Å²) in [7, 11) is 0. The van der Waals surface area contributed by atoms with E-state index in [4.69, 9.17) is 0 Å². The molecule has 1 amide bonds. The van der Waals surface area contributed by atoms with Gasteiger partial charge in [0, 0.05) is 6.42 Å². The van der Waals surface area contributed by atoms with Gasteiger partial charge in [-0.2, -0.15) is 0 Å². The molecule has 0 heterocycles. The van der Waals surface area contributed by atoms with Gasteiger partial charge in [0.1, 0.15) is 0 Å². The highest BCUT2D eigenvalue weighted by atomic mass is 16.3. The van der Waals surface area contributed by atoms with Gasteiger partial charge in [0.15, 0.2) is 0 Å². The molecule has 76 heavy (non-hydrogen) atoms. The normalized spacial score (nSPS) is 12.6. The lowest BCUT2D eigenvalue weighted by atomic mass is 10.0. The van der Waals surface area contributed by atoms with Crippen molar-refractivity contribution < 1.29 is 15.0 Å².